The van der Waals surface area contributed by atoms with Gasteiger partial charge in [-0.2, -0.15) is 0 Å². The van der Waals surface area contributed by atoms with Gasteiger partial charge in [0.25, 0.3) is 0 Å². The lowest BCUT2D eigenvalue weighted by molar-refractivity contribution is -0.171. The molecule has 5 heteroatoms. The summed E-state index contributed by atoms with van der Waals surface area (Å²) in [6.45, 7) is 0. The maximum atomic E-state index is 13.1. The van der Waals surface area contributed by atoms with Crippen LogP contribution in [0.5, 0.6) is 0 Å². The van der Waals surface area contributed by atoms with Gasteiger partial charge in [-0.3, -0.25) is 9.59 Å². The van der Waals surface area contributed by atoms with Gasteiger partial charge < -0.3 is 14.2 Å². The normalized spacial score (nSPS) is 43.9. The molecule has 0 spiro atoms. The number of methoxy groups -OCH3 is 2. The Morgan fingerprint density at radius 3 is 1.44 bits per heavy atom. The van der Waals surface area contributed by atoms with Gasteiger partial charge in [0, 0.05) is 0 Å². The second kappa shape index (κ2) is 4.25. The first-order chi connectivity index (χ1) is 13.1. The van der Waals surface area contributed by atoms with Crippen molar-refractivity contribution >= 4 is 11.9 Å². The Labute approximate surface area is 156 Å². The molecule has 3 aliphatic carbocycles. The zero-order valence-corrected chi connectivity index (χ0v) is 15.0. The van der Waals surface area contributed by atoms with Crippen molar-refractivity contribution < 1.29 is 23.8 Å². The Morgan fingerprint density at radius 1 is 0.741 bits per heavy atom. The van der Waals surface area contributed by atoms with Gasteiger partial charge in [-0.1, -0.05) is 60.7 Å². The molecule has 7 rings (SSSR count). The number of ether oxygens (including phenoxy) is 3. The zero-order chi connectivity index (χ0) is 18.7. The third kappa shape index (κ3) is 1.03. The largest absolute Gasteiger partial charge is 0.468 e. The monoisotopic (exact) mass is 362 g/mol. The van der Waals surface area contributed by atoms with Crippen molar-refractivity contribution in [2.45, 2.75) is 23.0 Å². The maximum absolute atomic E-state index is 13.1. The molecule has 0 N–H and O–H groups in total. The highest BCUT2D eigenvalue weighted by atomic mass is 16.6. The second-order valence-corrected chi connectivity index (χ2v) is 7.84. The van der Waals surface area contributed by atoms with Crippen LogP contribution in [0.4, 0.5) is 0 Å². The average Bonchev–Trinajstić information content (AvgIpc) is 3.36. The molecule has 2 bridgehead atoms. The predicted octanol–water partition coefficient (Wildman–Crippen LogP) is 1.99. The minimum atomic E-state index is -1.01. The molecule has 2 saturated heterocycles. The van der Waals surface area contributed by atoms with E-state index in [-0.39, 0.29) is 24.1 Å². The van der Waals surface area contributed by atoms with E-state index in [1.165, 1.54) is 14.2 Å². The van der Waals surface area contributed by atoms with Gasteiger partial charge in [0.2, 0.25) is 0 Å². The number of carbonyl (C=O) groups is 2. The standard InChI is InChI=1S/C22H18O5/c1-25-17(23)21-15-19(21,13-9-5-3-6-10-13)20(14-11-7-4-8-12-14)16(27-15)22(20,21)18(24)26-2/h3-12,15-16H,1-2H3. The Hall–Kier alpha value is -2.66. The molecule has 5 fully saturated rings. The molecule has 6 atom stereocenters. The summed E-state index contributed by atoms with van der Waals surface area (Å²) in [5, 5.41) is 0. The van der Waals surface area contributed by atoms with E-state index in [4.69, 9.17) is 14.2 Å². The fraction of sp³-hybridized carbons (Fsp3) is 0.364. The van der Waals surface area contributed by atoms with Gasteiger partial charge in [0.05, 0.1) is 37.3 Å². The number of benzene rings is 2. The van der Waals surface area contributed by atoms with E-state index < -0.39 is 21.7 Å². The van der Waals surface area contributed by atoms with E-state index in [0.29, 0.717) is 0 Å². The van der Waals surface area contributed by atoms with E-state index in [1.54, 1.807) is 0 Å². The third-order valence-corrected chi connectivity index (χ3v) is 7.64. The maximum Gasteiger partial charge on any atom is 0.316 e. The zero-order valence-electron chi connectivity index (χ0n) is 15.0. The van der Waals surface area contributed by atoms with Crippen molar-refractivity contribution in [1.29, 1.82) is 0 Å². The molecule has 2 aliphatic heterocycles. The number of esters is 2. The molecule has 0 aromatic heterocycles. The molecular weight excluding hydrogens is 344 g/mol. The summed E-state index contributed by atoms with van der Waals surface area (Å²) in [4.78, 5) is 26.2. The summed E-state index contributed by atoms with van der Waals surface area (Å²) < 4.78 is 16.7. The predicted molar refractivity (Wildman–Crippen MR) is 93.8 cm³/mol. The van der Waals surface area contributed by atoms with Crippen molar-refractivity contribution in [3.63, 3.8) is 0 Å². The highest BCUT2D eigenvalue weighted by Gasteiger charge is 3.25. The van der Waals surface area contributed by atoms with E-state index >= 15 is 0 Å². The quantitative estimate of drug-likeness (QED) is 0.779. The number of hydrogen-bond acceptors (Lipinski definition) is 5. The Kier molecular flexibility index (Phi) is 2.43. The SMILES string of the molecule is COC(=O)C12C3OC4C1(C(=O)OC)C4(c1ccccc1)C32c1ccccc1. The molecule has 0 amide bonds. The van der Waals surface area contributed by atoms with E-state index in [1.807, 2.05) is 60.7 Å². The molecule has 5 nitrogen and oxygen atoms in total. The van der Waals surface area contributed by atoms with Crippen LogP contribution >= 0.6 is 0 Å². The van der Waals surface area contributed by atoms with Gasteiger partial charge in [-0.05, 0) is 11.1 Å². The molecule has 6 unspecified atom stereocenters. The molecule has 136 valence electrons. The van der Waals surface area contributed by atoms with E-state index in [2.05, 4.69) is 0 Å². The molecular formula is C22H18O5. The Bertz CT molecular complexity index is 922. The first kappa shape index (κ1) is 15.4. The molecule has 5 aliphatic rings. The van der Waals surface area contributed by atoms with Crippen molar-refractivity contribution in [1.82, 2.24) is 0 Å². The topological polar surface area (TPSA) is 61.8 Å². The van der Waals surface area contributed by atoms with Crippen LogP contribution in [0.25, 0.3) is 0 Å². The van der Waals surface area contributed by atoms with Crippen molar-refractivity contribution in [3.05, 3.63) is 71.8 Å². The lowest BCUT2D eigenvalue weighted by Gasteiger charge is -2.45. The summed E-state index contributed by atoms with van der Waals surface area (Å²) in [5.74, 6) is -0.762. The molecule has 27 heavy (non-hydrogen) atoms. The van der Waals surface area contributed by atoms with Crippen molar-refractivity contribution in [3.8, 4) is 0 Å². The van der Waals surface area contributed by atoms with Crippen LogP contribution in [0.2, 0.25) is 0 Å². The van der Waals surface area contributed by atoms with Crippen LogP contribution in [-0.2, 0) is 34.6 Å². The van der Waals surface area contributed by atoms with Gasteiger partial charge in [-0.15, -0.1) is 0 Å². The fourth-order valence-electron chi connectivity index (χ4n) is 7.23. The first-order valence-electron chi connectivity index (χ1n) is 9.08. The smallest absolute Gasteiger partial charge is 0.316 e. The Balaban J connectivity index is 1.68. The summed E-state index contributed by atoms with van der Waals surface area (Å²) in [5.41, 5.74) is -1.16. The van der Waals surface area contributed by atoms with E-state index in [9.17, 15) is 9.59 Å². The highest BCUT2D eigenvalue weighted by Crippen LogP contribution is 3.09. The van der Waals surface area contributed by atoms with Gasteiger partial charge in [-0.25, -0.2) is 0 Å². The molecule has 0 radical (unpaired) electrons. The molecule has 3 saturated carbocycles. The van der Waals surface area contributed by atoms with Crippen LogP contribution < -0.4 is 0 Å². The van der Waals surface area contributed by atoms with Crippen molar-refractivity contribution in [2.24, 2.45) is 10.8 Å². The van der Waals surface area contributed by atoms with E-state index in [0.717, 1.165) is 11.1 Å². The molecule has 2 aromatic carbocycles. The van der Waals surface area contributed by atoms with Gasteiger partial charge >= 0.3 is 11.9 Å². The summed E-state index contributed by atoms with van der Waals surface area (Å²) in [6.07, 6.45) is -0.742. The lowest BCUT2D eigenvalue weighted by Crippen LogP contribution is -2.58. The molecule has 2 heterocycles. The minimum Gasteiger partial charge on any atom is -0.468 e. The van der Waals surface area contributed by atoms with Crippen LogP contribution in [0.3, 0.4) is 0 Å². The summed E-state index contributed by atoms with van der Waals surface area (Å²) in [6, 6.07) is 19.8. The summed E-state index contributed by atoms with van der Waals surface area (Å²) in [7, 11) is 2.75. The van der Waals surface area contributed by atoms with Crippen LogP contribution in [0.1, 0.15) is 11.1 Å². The third-order valence-electron chi connectivity index (χ3n) is 7.64. The number of hydrogen-bond donors (Lipinski definition) is 0. The van der Waals surface area contributed by atoms with Crippen LogP contribution in [-0.4, -0.2) is 38.4 Å². The minimum absolute atomic E-state index is 0.371. The average molecular weight is 362 g/mol. The van der Waals surface area contributed by atoms with Crippen LogP contribution in [0, 0.1) is 10.8 Å². The number of carbonyl (C=O) groups excluding carboxylic acids is 2. The first-order valence-corrected chi connectivity index (χ1v) is 9.08. The molecule has 2 aromatic rings. The highest BCUT2D eigenvalue weighted by molar-refractivity contribution is 6.10. The summed E-state index contributed by atoms with van der Waals surface area (Å²) >= 11 is 0. The van der Waals surface area contributed by atoms with Crippen LogP contribution in [0.15, 0.2) is 60.7 Å². The lowest BCUT2D eigenvalue weighted by atomic mass is 9.52. The Morgan fingerprint density at radius 2 is 1.11 bits per heavy atom. The van der Waals surface area contributed by atoms with Gasteiger partial charge in [0.1, 0.15) is 10.8 Å². The van der Waals surface area contributed by atoms with Crippen molar-refractivity contribution in [2.75, 3.05) is 14.2 Å². The number of rotatable bonds is 4. The second-order valence-electron chi connectivity index (χ2n) is 7.84. The van der Waals surface area contributed by atoms with Gasteiger partial charge in [0.15, 0.2) is 0 Å². The fourth-order valence-corrected chi connectivity index (χ4v) is 7.23.